The van der Waals surface area contributed by atoms with E-state index in [1.54, 1.807) is 6.07 Å². The van der Waals surface area contributed by atoms with Crippen molar-refractivity contribution in [3.05, 3.63) is 63.2 Å². The molecule has 0 unspecified atom stereocenters. The van der Waals surface area contributed by atoms with Gasteiger partial charge in [0.05, 0.1) is 26.9 Å². The number of rotatable bonds is 6. The monoisotopic (exact) mass is 372 g/mol. The van der Waals surface area contributed by atoms with E-state index in [0.717, 1.165) is 0 Å². The van der Waals surface area contributed by atoms with E-state index in [9.17, 15) is 23.7 Å². The number of hydrogen-bond acceptors (Lipinski definition) is 4. The highest BCUT2D eigenvalue weighted by atomic mass is 35.5. The highest BCUT2D eigenvalue weighted by molar-refractivity contribution is 7.99. The van der Waals surface area contributed by atoms with Gasteiger partial charge in [-0.15, -0.1) is 0 Å². The molecule has 2 aromatic rings. The Morgan fingerprint density at radius 2 is 1.96 bits per heavy atom. The van der Waals surface area contributed by atoms with Crippen molar-refractivity contribution in [3.8, 4) is 0 Å². The van der Waals surface area contributed by atoms with Gasteiger partial charge in [0.15, 0.2) is 0 Å². The van der Waals surface area contributed by atoms with Crippen molar-refractivity contribution in [1.82, 2.24) is 0 Å². The molecule has 1 amide bonds. The van der Waals surface area contributed by atoms with Crippen LogP contribution < -0.4 is 5.32 Å². The lowest BCUT2D eigenvalue weighted by Gasteiger charge is -2.12. The molecule has 5 nitrogen and oxygen atoms in total. The standard InChI is InChI=1S/C15H11ClF2N2O3S/c16-10-5-3-6-11(14(10)24-15(17)18)19-13(21)8-9-4-1-2-7-12(9)20(22)23/h1-7,15H,8H2,(H,19,21). The molecule has 126 valence electrons. The third-order valence-electron chi connectivity index (χ3n) is 2.99. The Morgan fingerprint density at radius 1 is 1.25 bits per heavy atom. The zero-order valence-corrected chi connectivity index (χ0v) is 13.6. The van der Waals surface area contributed by atoms with E-state index in [4.69, 9.17) is 11.6 Å². The minimum Gasteiger partial charge on any atom is -0.325 e. The third-order valence-corrected chi connectivity index (χ3v) is 4.27. The summed E-state index contributed by atoms with van der Waals surface area (Å²) in [5, 5.41) is 13.5. The maximum atomic E-state index is 12.6. The number of para-hydroxylation sites is 1. The number of amides is 1. The van der Waals surface area contributed by atoms with Gasteiger partial charge in [0, 0.05) is 11.6 Å². The van der Waals surface area contributed by atoms with Crippen molar-refractivity contribution < 1.29 is 18.5 Å². The fourth-order valence-electron chi connectivity index (χ4n) is 2.02. The van der Waals surface area contributed by atoms with Crippen molar-refractivity contribution in [3.63, 3.8) is 0 Å². The van der Waals surface area contributed by atoms with Crippen LogP contribution in [0.3, 0.4) is 0 Å². The lowest BCUT2D eigenvalue weighted by molar-refractivity contribution is -0.385. The summed E-state index contributed by atoms with van der Waals surface area (Å²) in [6.07, 6.45) is -0.261. The third kappa shape index (κ3) is 4.65. The molecule has 0 atom stereocenters. The first-order chi connectivity index (χ1) is 11.4. The number of anilines is 1. The van der Waals surface area contributed by atoms with Crippen LogP contribution in [0.25, 0.3) is 0 Å². The Labute approximate surface area is 145 Å². The van der Waals surface area contributed by atoms with E-state index in [0.29, 0.717) is 0 Å². The second kappa shape index (κ2) is 8.07. The van der Waals surface area contributed by atoms with Gasteiger partial charge in [0.1, 0.15) is 0 Å². The molecule has 0 saturated heterocycles. The van der Waals surface area contributed by atoms with E-state index >= 15 is 0 Å². The molecule has 0 aliphatic heterocycles. The largest absolute Gasteiger partial charge is 0.325 e. The molecular weight excluding hydrogens is 362 g/mol. The molecule has 0 spiro atoms. The van der Waals surface area contributed by atoms with Gasteiger partial charge in [-0.25, -0.2) is 0 Å². The second-order valence-corrected chi connectivity index (χ2v) is 6.01. The van der Waals surface area contributed by atoms with E-state index in [2.05, 4.69) is 5.32 Å². The van der Waals surface area contributed by atoms with Crippen LogP contribution in [0.5, 0.6) is 0 Å². The van der Waals surface area contributed by atoms with Gasteiger partial charge in [-0.1, -0.05) is 47.6 Å². The molecule has 0 aromatic heterocycles. The van der Waals surface area contributed by atoms with Gasteiger partial charge in [-0.3, -0.25) is 14.9 Å². The Kier molecular flexibility index (Phi) is 6.10. The molecule has 0 aliphatic carbocycles. The number of halogens is 3. The number of carbonyl (C=O) groups is 1. The van der Waals surface area contributed by atoms with Gasteiger partial charge in [-0.2, -0.15) is 8.78 Å². The van der Waals surface area contributed by atoms with Gasteiger partial charge < -0.3 is 5.32 Å². The minimum absolute atomic E-state index is 0.0464. The fraction of sp³-hybridized carbons (Fsp3) is 0.133. The second-order valence-electron chi connectivity index (χ2n) is 4.61. The van der Waals surface area contributed by atoms with Crippen molar-refractivity contribution in [2.75, 3.05) is 5.32 Å². The SMILES string of the molecule is O=C(Cc1ccccc1[N+](=O)[O-])Nc1cccc(Cl)c1SC(F)F. The molecule has 1 N–H and O–H groups in total. The number of thioether (sulfide) groups is 1. The molecule has 0 heterocycles. The molecule has 24 heavy (non-hydrogen) atoms. The summed E-state index contributed by atoms with van der Waals surface area (Å²) in [5.74, 6) is -3.27. The molecule has 0 radical (unpaired) electrons. The number of alkyl halides is 2. The summed E-state index contributed by atoms with van der Waals surface area (Å²) in [6.45, 7) is 0. The first-order valence-electron chi connectivity index (χ1n) is 6.64. The van der Waals surface area contributed by atoms with Crippen LogP contribution in [0.4, 0.5) is 20.2 Å². The Bertz CT molecular complexity index is 774. The quantitative estimate of drug-likeness (QED) is 0.451. The molecule has 9 heteroatoms. The Hall–Kier alpha value is -2.19. The Balaban J connectivity index is 2.19. The van der Waals surface area contributed by atoms with Crippen LogP contribution in [0.1, 0.15) is 5.56 Å². The van der Waals surface area contributed by atoms with Gasteiger partial charge in [0.2, 0.25) is 5.91 Å². The molecule has 0 aliphatic rings. The highest BCUT2D eigenvalue weighted by Gasteiger charge is 2.18. The number of nitro benzene ring substituents is 1. The van der Waals surface area contributed by atoms with Crippen LogP contribution >= 0.6 is 23.4 Å². The smallest absolute Gasteiger partial charge is 0.289 e. The summed E-state index contributed by atoms with van der Waals surface area (Å²) >= 11 is 6.11. The number of benzene rings is 2. The van der Waals surface area contributed by atoms with E-state index in [1.807, 2.05) is 0 Å². The highest BCUT2D eigenvalue weighted by Crippen LogP contribution is 2.37. The van der Waals surface area contributed by atoms with Crippen molar-refractivity contribution >= 4 is 40.6 Å². The lowest BCUT2D eigenvalue weighted by atomic mass is 10.1. The zero-order valence-electron chi connectivity index (χ0n) is 12.0. The first kappa shape index (κ1) is 18.2. The van der Waals surface area contributed by atoms with Crippen LogP contribution in [0.15, 0.2) is 47.4 Å². The number of nitrogens with zero attached hydrogens (tertiary/aromatic N) is 1. The van der Waals surface area contributed by atoms with Crippen LogP contribution in [-0.4, -0.2) is 16.6 Å². The average molecular weight is 373 g/mol. The predicted octanol–water partition coefficient (Wildman–Crippen LogP) is 4.74. The Morgan fingerprint density at radius 3 is 2.62 bits per heavy atom. The lowest BCUT2D eigenvalue weighted by Crippen LogP contribution is -2.16. The summed E-state index contributed by atoms with van der Waals surface area (Å²) in [7, 11) is 0. The normalized spacial score (nSPS) is 10.7. The first-order valence-corrected chi connectivity index (χ1v) is 7.89. The topological polar surface area (TPSA) is 72.2 Å². The molecular formula is C15H11ClF2N2O3S. The van der Waals surface area contributed by atoms with E-state index in [1.165, 1.54) is 36.4 Å². The maximum absolute atomic E-state index is 12.6. The molecule has 0 fully saturated rings. The van der Waals surface area contributed by atoms with Crippen molar-refractivity contribution in [1.29, 1.82) is 0 Å². The van der Waals surface area contributed by atoms with Crippen molar-refractivity contribution in [2.45, 2.75) is 17.1 Å². The van der Waals surface area contributed by atoms with Crippen LogP contribution in [0, 0.1) is 10.1 Å². The molecule has 2 rings (SSSR count). The van der Waals surface area contributed by atoms with Gasteiger partial charge >= 0.3 is 0 Å². The van der Waals surface area contributed by atoms with Crippen molar-refractivity contribution in [2.24, 2.45) is 0 Å². The summed E-state index contributed by atoms with van der Waals surface area (Å²) in [6, 6.07) is 10.2. The number of hydrogen-bond donors (Lipinski definition) is 1. The minimum atomic E-state index is -2.70. The van der Waals surface area contributed by atoms with Gasteiger partial charge in [0.25, 0.3) is 11.4 Å². The molecule has 0 saturated carbocycles. The zero-order chi connectivity index (χ0) is 17.7. The molecule has 0 bridgehead atoms. The number of carbonyl (C=O) groups excluding carboxylic acids is 1. The van der Waals surface area contributed by atoms with E-state index < -0.39 is 16.6 Å². The van der Waals surface area contributed by atoms with Crippen LogP contribution in [-0.2, 0) is 11.2 Å². The maximum Gasteiger partial charge on any atom is 0.289 e. The summed E-state index contributed by atoms with van der Waals surface area (Å²) < 4.78 is 25.2. The summed E-state index contributed by atoms with van der Waals surface area (Å²) in [4.78, 5) is 22.5. The van der Waals surface area contributed by atoms with Gasteiger partial charge in [-0.05, 0) is 12.1 Å². The molecule has 2 aromatic carbocycles. The summed E-state index contributed by atoms with van der Waals surface area (Å²) in [5.41, 5.74) is 0.183. The average Bonchev–Trinajstić information content (AvgIpc) is 2.50. The van der Waals surface area contributed by atoms with Crippen LogP contribution in [0.2, 0.25) is 5.02 Å². The fourth-order valence-corrected chi connectivity index (χ4v) is 2.93. The number of nitro groups is 1. The predicted molar refractivity (Wildman–Crippen MR) is 88.7 cm³/mol. The number of nitrogens with one attached hydrogen (secondary N) is 1. The van der Waals surface area contributed by atoms with E-state index in [-0.39, 0.29) is 45.0 Å².